The molecule has 0 aliphatic heterocycles. The van der Waals surface area contributed by atoms with Gasteiger partial charge in [0, 0.05) is 12.1 Å². The van der Waals surface area contributed by atoms with Gasteiger partial charge in [-0.1, -0.05) is 13.0 Å². The molecule has 0 spiro atoms. The van der Waals surface area contributed by atoms with Gasteiger partial charge in [-0.15, -0.1) is 6.58 Å². The quantitative estimate of drug-likeness (QED) is 0.564. The van der Waals surface area contributed by atoms with E-state index in [1.165, 1.54) is 6.42 Å². The summed E-state index contributed by atoms with van der Waals surface area (Å²) in [5.74, 6) is 0. The summed E-state index contributed by atoms with van der Waals surface area (Å²) >= 11 is 0. The van der Waals surface area contributed by atoms with Gasteiger partial charge in [0.2, 0.25) is 0 Å². The highest BCUT2D eigenvalue weighted by atomic mass is 15.2. The fourth-order valence-corrected chi connectivity index (χ4v) is 1.13. The maximum Gasteiger partial charge on any atom is 0.0165 e. The van der Waals surface area contributed by atoms with Gasteiger partial charge in [-0.3, -0.25) is 4.90 Å². The summed E-state index contributed by atoms with van der Waals surface area (Å²) in [6.07, 6.45) is 3.19. The molecule has 1 heteroatoms. The summed E-state index contributed by atoms with van der Waals surface area (Å²) in [5.41, 5.74) is 0.282. The predicted octanol–water partition coefficient (Wildman–Crippen LogP) is 2.68. The molecule has 0 aromatic heterocycles. The van der Waals surface area contributed by atoms with E-state index in [4.69, 9.17) is 0 Å². The lowest BCUT2D eigenvalue weighted by Gasteiger charge is -2.34. The highest BCUT2D eigenvalue weighted by Crippen LogP contribution is 2.12. The minimum atomic E-state index is 0.282. The molecule has 0 aliphatic rings. The van der Waals surface area contributed by atoms with Crippen LogP contribution in [0.15, 0.2) is 12.7 Å². The molecule has 0 bridgehead atoms. The van der Waals surface area contributed by atoms with Gasteiger partial charge in [-0.05, 0) is 33.7 Å². The lowest BCUT2D eigenvalue weighted by Crippen LogP contribution is -2.41. The van der Waals surface area contributed by atoms with Gasteiger partial charge in [-0.2, -0.15) is 0 Å². The molecule has 0 aromatic rings. The Labute approximate surface area is 71.1 Å². The highest BCUT2D eigenvalue weighted by Gasteiger charge is 2.18. The second-order valence-electron chi connectivity index (χ2n) is 3.91. The van der Waals surface area contributed by atoms with Gasteiger partial charge in [0.25, 0.3) is 0 Å². The monoisotopic (exact) mass is 155 g/mol. The molecule has 0 atom stereocenters. The average Bonchev–Trinajstić information content (AvgIpc) is 1.85. The largest absolute Gasteiger partial charge is 0.295 e. The normalized spacial score (nSPS) is 12.1. The first-order valence-electron chi connectivity index (χ1n) is 4.38. The van der Waals surface area contributed by atoms with Crippen LogP contribution in [-0.2, 0) is 0 Å². The number of rotatable bonds is 4. The Morgan fingerprint density at radius 1 is 1.36 bits per heavy atom. The first-order chi connectivity index (χ1) is 5.02. The third-order valence-electron chi connectivity index (χ3n) is 1.79. The first kappa shape index (κ1) is 10.7. The summed E-state index contributed by atoms with van der Waals surface area (Å²) in [5, 5.41) is 0. The van der Waals surface area contributed by atoms with Crippen LogP contribution < -0.4 is 0 Å². The van der Waals surface area contributed by atoms with E-state index in [9.17, 15) is 0 Å². The molecule has 0 N–H and O–H groups in total. The molecule has 0 amide bonds. The molecule has 0 rings (SSSR count). The Morgan fingerprint density at radius 2 is 1.91 bits per heavy atom. The summed E-state index contributed by atoms with van der Waals surface area (Å²) in [6.45, 7) is 14.9. The maximum absolute atomic E-state index is 3.75. The van der Waals surface area contributed by atoms with E-state index >= 15 is 0 Å². The molecule has 0 aliphatic carbocycles. The molecule has 0 radical (unpaired) electrons. The number of nitrogens with zero attached hydrogens (tertiary/aromatic N) is 1. The van der Waals surface area contributed by atoms with Gasteiger partial charge in [0.1, 0.15) is 0 Å². The Bertz CT molecular complexity index is 111. The SMILES string of the molecule is C=CCN(CCC)C(C)(C)C. The third kappa shape index (κ3) is 4.20. The average molecular weight is 155 g/mol. The minimum Gasteiger partial charge on any atom is -0.295 e. The zero-order valence-corrected chi connectivity index (χ0v) is 8.35. The van der Waals surface area contributed by atoms with Crippen LogP contribution in [0.4, 0.5) is 0 Å². The summed E-state index contributed by atoms with van der Waals surface area (Å²) in [4.78, 5) is 2.43. The van der Waals surface area contributed by atoms with E-state index in [1.807, 2.05) is 6.08 Å². The molecule has 11 heavy (non-hydrogen) atoms. The molecular formula is C10H21N. The van der Waals surface area contributed by atoms with Crippen LogP contribution in [0.5, 0.6) is 0 Å². The molecule has 1 nitrogen and oxygen atoms in total. The lowest BCUT2D eigenvalue weighted by molar-refractivity contribution is 0.154. The van der Waals surface area contributed by atoms with E-state index in [2.05, 4.69) is 39.2 Å². The Kier molecular flexibility index (Phi) is 4.43. The lowest BCUT2D eigenvalue weighted by atomic mass is 10.1. The molecule has 0 saturated heterocycles. The van der Waals surface area contributed by atoms with Crippen LogP contribution in [0.1, 0.15) is 34.1 Å². The zero-order valence-electron chi connectivity index (χ0n) is 8.35. The van der Waals surface area contributed by atoms with Crippen molar-refractivity contribution in [2.24, 2.45) is 0 Å². The van der Waals surface area contributed by atoms with E-state index in [0.717, 1.165) is 13.1 Å². The van der Waals surface area contributed by atoms with Crippen LogP contribution in [0.2, 0.25) is 0 Å². The molecule has 0 heterocycles. The van der Waals surface area contributed by atoms with E-state index in [-0.39, 0.29) is 5.54 Å². The summed E-state index contributed by atoms with van der Waals surface area (Å²) in [7, 11) is 0. The predicted molar refractivity (Wildman–Crippen MR) is 51.8 cm³/mol. The third-order valence-corrected chi connectivity index (χ3v) is 1.79. The topological polar surface area (TPSA) is 3.24 Å². The standard InChI is InChI=1S/C10H21N/c1-6-8-11(9-7-2)10(3,4)5/h6H,1,7-9H2,2-5H3. The van der Waals surface area contributed by atoms with Gasteiger partial charge < -0.3 is 0 Å². The molecule has 0 saturated carbocycles. The van der Waals surface area contributed by atoms with Crippen molar-refractivity contribution in [1.82, 2.24) is 4.90 Å². The van der Waals surface area contributed by atoms with Crippen molar-refractivity contribution in [1.29, 1.82) is 0 Å². The van der Waals surface area contributed by atoms with Crippen LogP contribution in [0.25, 0.3) is 0 Å². The molecule has 66 valence electrons. The van der Waals surface area contributed by atoms with E-state index in [1.54, 1.807) is 0 Å². The second-order valence-corrected chi connectivity index (χ2v) is 3.91. The molecular weight excluding hydrogens is 134 g/mol. The van der Waals surface area contributed by atoms with Gasteiger partial charge in [0.15, 0.2) is 0 Å². The second kappa shape index (κ2) is 4.55. The zero-order chi connectivity index (χ0) is 8.91. The molecule has 0 aromatic carbocycles. The number of hydrogen-bond donors (Lipinski definition) is 0. The first-order valence-corrected chi connectivity index (χ1v) is 4.38. The fourth-order valence-electron chi connectivity index (χ4n) is 1.13. The minimum absolute atomic E-state index is 0.282. The van der Waals surface area contributed by atoms with Gasteiger partial charge in [0.05, 0.1) is 0 Å². The van der Waals surface area contributed by atoms with Crippen LogP contribution in [0, 0.1) is 0 Å². The van der Waals surface area contributed by atoms with Crippen molar-refractivity contribution in [2.45, 2.75) is 39.7 Å². The Balaban J connectivity index is 3.97. The van der Waals surface area contributed by atoms with Crippen LogP contribution in [0.3, 0.4) is 0 Å². The summed E-state index contributed by atoms with van der Waals surface area (Å²) < 4.78 is 0. The van der Waals surface area contributed by atoms with Gasteiger partial charge >= 0.3 is 0 Å². The van der Waals surface area contributed by atoms with Crippen LogP contribution >= 0.6 is 0 Å². The van der Waals surface area contributed by atoms with Crippen molar-refractivity contribution < 1.29 is 0 Å². The number of hydrogen-bond acceptors (Lipinski definition) is 1. The van der Waals surface area contributed by atoms with E-state index in [0.29, 0.717) is 0 Å². The molecule has 0 fully saturated rings. The Hall–Kier alpha value is -0.300. The van der Waals surface area contributed by atoms with Crippen molar-refractivity contribution in [3.63, 3.8) is 0 Å². The Morgan fingerprint density at radius 3 is 2.18 bits per heavy atom. The maximum atomic E-state index is 3.75. The van der Waals surface area contributed by atoms with E-state index < -0.39 is 0 Å². The highest BCUT2D eigenvalue weighted by molar-refractivity contribution is 4.82. The van der Waals surface area contributed by atoms with Crippen molar-refractivity contribution >= 4 is 0 Å². The summed E-state index contributed by atoms with van der Waals surface area (Å²) in [6, 6.07) is 0. The van der Waals surface area contributed by atoms with Crippen LogP contribution in [-0.4, -0.2) is 23.5 Å². The van der Waals surface area contributed by atoms with Crippen molar-refractivity contribution in [3.8, 4) is 0 Å². The van der Waals surface area contributed by atoms with Gasteiger partial charge in [-0.25, -0.2) is 0 Å². The van der Waals surface area contributed by atoms with Crippen molar-refractivity contribution in [2.75, 3.05) is 13.1 Å². The van der Waals surface area contributed by atoms with Crippen molar-refractivity contribution in [3.05, 3.63) is 12.7 Å². The molecule has 0 unspecified atom stereocenters. The smallest absolute Gasteiger partial charge is 0.0165 e. The fraction of sp³-hybridized carbons (Fsp3) is 0.800.